The summed E-state index contributed by atoms with van der Waals surface area (Å²) >= 11 is 0. The van der Waals surface area contributed by atoms with E-state index in [0.717, 1.165) is 43.6 Å². The van der Waals surface area contributed by atoms with Crippen molar-refractivity contribution in [3.63, 3.8) is 0 Å². The second-order valence-corrected chi connectivity index (χ2v) is 5.40. The van der Waals surface area contributed by atoms with E-state index in [-0.39, 0.29) is 6.10 Å². The average molecular weight is 315 g/mol. The maximum atomic E-state index is 5.58. The largest absolute Gasteiger partial charge is 0.375 e. The summed E-state index contributed by atoms with van der Waals surface area (Å²) in [5, 5.41) is 6.26. The SMILES string of the molecule is C#CCNC(=NCc1ccnc(N2CCOC(C)C2)c1)NCC. The first kappa shape index (κ1) is 17.1. The summed E-state index contributed by atoms with van der Waals surface area (Å²) in [6.45, 7) is 8.42. The molecule has 1 aliphatic heterocycles. The van der Waals surface area contributed by atoms with Crippen LogP contribution in [0.3, 0.4) is 0 Å². The lowest BCUT2D eigenvalue weighted by atomic mass is 10.2. The number of pyridine rings is 1. The van der Waals surface area contributed by atoms with Gasteiger partial charge in [-0.1, -0.05) is 5.92 Å². The Morgan fingerprint density at radius 3 is 3.17 bits per heavy atom. The van der Waals surface area contributed by atoms with Gasteiger partial charge in [-0.05, 0) is 31.5 Å². The first-order valence-electron chi connectivity index (χ1n) is 8.00. The molecule has 0 radical (unpaired) electrons. The smallest absolute Gasteiger partial charge is 0.192 e. The Labute approximate surface area is 138 Å². The molecule has 124 valence electrons. The fourth-order valence-electron chi connectivity index (χ4n) is 2.41. The minimum atomic E-state index is 0.237. The van der Waals surface area contributed by atoms with Crippen LogP contribution in [0, 0.1) is 12.3 Å². The van der Waals surface area contributed by atoms with Crippen LogP contribution < -0.4 is 15.5 Å². The lowest BCUT2D eigenvalue weighted by Gasteiger charge is -2.32. The molecule has 1 atom stereocenters. The van der Waals surface area contributed by atoms with E-state index in [1.165, 1.54) is 0 Å². The first-order valence-corrected chi connectivity index (χ1v) is 8.00. The van der Waals surface area contributed by atoms with Crippen LogP contribution in [0.4, 0.5) is 5.82 Å². The molecule has 2 heterocycles. The van der Waals surface area contributed by atoms with Crippen molar-refractivity contribution in [3.8, 4) is 12.3 Å². The molecule has 1 unspecified atom stereocenters. The molecule has 2 rings (SSSR count). The molecule has 6 nitrogen and oxygen atoms in total. The number of morpholine rings is 1. The van der Waals surface area contributed by atoms with E-state index < -0.39 is 0 Å². The lowest BCUT2D eigenvalue weighted by molar-refractivity contribution is 0.0529. The number of aromatic nitrogens is 1. The molecular formula is C17H25N5O. The van der Waals surface area contributed by atoms with Gasteiger partial charge in [0.05, 0.1) is 25.8 Å². The van der Waals surface area contributed by atoms with E-state index >= 15 is 0 Å². The zero-order chi connectivity index (χ0) is 16.5. The highest BCUT2D eigenvalue weighted by Crippen LogP contribution is 2.16. The topological polar surface area (TPSA) is 61.8 Å². The Hall–Kier alpha value is -2.26. The zero-order valence-corrected chi connectivity index (χ0v) is 13.9. The third kappa shape index (κ3) is 5.46. The Kier molecular flexibility index (Phi) is 6.70. The number of nitrogens with one attached hydrogen (secondary N) is 2. The number of aliphatic imine (C=N–C) groups is 1. The normalized spacial score (nSPS) is 18.4. The quantitative estimate of drug-likeness (QED) is 0.482. The van der Waals surface area contributed by atoms with Crippen LogP contribution in [0.1, 0.15) is 19.4 Å². The molecule has 1 aromatic rings. The fourth-order valence-corrected chi connectivity index (χ4v) is 2.41. The van der Waals surface area contributed by atoms with Crippen molar-refractivity contribution in [2.75, 3.05) is 37.7 Å². The minimum Gasteiger partial charge on any atom is -0.375 e. The molecule has 0 bridgehead atoms. The second kappa shape index (κ2) is 9.01. The molecule has 1 aromatic heterocycles. The van der Waals surface area contributed by atoms with Gasteiger partial charge in [-0.3, -0.25) is 0 Å². The maximum Gasteiger partial charge on any atom is 0.192 e. The van der Waals surface area contributed by atoms with Gasteiger partial charge in [0.25, 0.3) is 0 Å². The highest BCUT2D eigenvalue weighted by molar-refractivity contribution is 5.80. The minimum absolute atomic E-state index is 0.237. The van der Waals surface area contributed by atoms with Gasteiger partial charge < -0.3 is 20.3 Å². The van der Waals surface area contributed by atoms with E-state index in [0.29, 0.717) is 13.1 Å². The van der Waals surface area contributed by atoms with E-state index in [1.807, 2.05) is 19.2 Å². The van der Waals surface area contributed by atoms with Crippen LogP contribution in [0.25, 0.3) is 0 Å². The van der Waals surface area contributed by atoms with Crippen LogP contribution in [-0.2, 0) is 11.3 Å². The summed E-state index contributed by atoms with van der Waals surface area (Å²) in [6, 6.07) is 4.08. The molecule has 0 saturated carbocycles. The van der Waals surface area contributed by atoms with E-state index in [4.69, 9.17) is 11.2 Å². The van der Waals surface area contributed by atoms with Gasteiger partial charge in [-0.2, -0.15) is 0 Å². The van der Waals surface area contributed by atoms with Crippen LogP contribution in [0.15, 0.2) is 23.3 Å². The summed E-state index contributed by atoms with van der Waals surface area (Å²) in [7, 11) is 0. The molecule has 1 saturated heterocycles. The third-order valence-electron chi connectivity index (χ3n) is 3.50. The Morgan fingerprint density at radius 1 is 1.57 bits per heavy atom. The van der Waals surface area contributed by atoms with Crippen molar-refractivity contribution < 1.29 is 4.74 Å². The predicted octanol–water partition coefficient (Wildman–Crippen LogP) is 0.995. The summed E-state index contributed by atoms with van der Waals surface area (Å²) < 4.78 is 5.58. The van der Waals surface area contributed by atoms with Gasteiger partial charge in [0.1, 0.15) is 5.82 Å². The Morgan fingerprint density at radius 2 is 2.43 bits per heavy atom. The summed E-state index contributed by atoms with van der Waals surface area (Å²) in [5.41, 5.74) is 1.12. The highest BCUT2D eigenvalue weighted by Gasteiger charge is 2.17. The molecule has 0 spiro atoms. The molecular weight excluding hydrogens is 290 g/mol. The number of ether oxygens (including phenoxy) is 1. The number of anilines is 1. The zero-order valence-electron chi connectivity index (χ0n) is 13.9. The first-order chi connectivity index (χ1) is 11.2. The van der Waals surface area contributed by atoms with Gasteiger partial charge in [0.15, 0.2) is 5.96 Å². The number of hydrogen-bond donors (Lipinski definition) is 2. The molecule has 2 N–H and O–H groups in total. The van der Waals surface area contributed by atoms with Crippen molar-refractivity contribution in [2.24, 2.45) is 4.99 Å². The molecule has 0 aromatic carbocycles. The maximum absolute atomic E-state index is 5.58. The Balaban J connectivity index is 2.02. The highest BCUT2D eigenvalue weighted by atomic mass is 16.5. The fraction of sp³-hybridized carbons (Fsp3) is 0.529. The second-order valence-electron chi connectivity index (χ2n) is 5.40. The van der Waals surface area contributed by atoms with Gasteiger partial charge >= 0.3 is 0 Å². The molecule has 1 fully saturated rings. The van der Waals surface area contributed by atoms with Gasteiger partial charge in [0.2, 0.25) is 0 Å². The predicted molar refractivity (Wildman–Crippen MR) is 93.5 cm³/mol. The van der Waals surface area contributed by atoms with E-state index in [1.54, 1.807) is 0 Å². The van der Waals surface area contributed by atoms with Crippen LogP contribution >= 0.6 is 0 Å². The molecule has 0 aliphatic carbocycles. The number of nitrogens with zero attached hydrogens (tertiary/aromatic N) is 3. The van der Waals surface area contributed by atoms with Crippen molar-refractivity contribution in [3.05, 3.63) is 23.9 Å². The Bertz CT molecular complexity index is 566. The summed E-state index contributed by atoms with van der Waals surface area (Å²) in [4.78, 5) is 11.3. The van der Waals surface area contributed by atoms with Crippen LogP contribution in [0.2, 0.25) is 0 Å². The van der Waals surface area contributed by atoms with Crippen LogP contribution in [0.5, 0.6) is 0 Å². The van der Waals surface area contributed by atoms with E-state index in [2.05, 4.69) is 44.4 Å². The molecule has 23 heavy (non-hydrogen) atoms. The number of rotatable bonds is 5. The number of terminal acetylenes is 1. The van der Waals surface area contributed by atoms with Crippen LogP contribution in [-0.4, -0.2) is 49.8 Å². The number of guanidine groups is 1. The van der Waals surface area contributed by atoms with Gasteiger partial charge in [-0.15, -0.1) is 6.42 Å². The third-order valence-corrected chi connectivity index (χ3v) is 3.50. The van der Waals surface area contributed by atoms with Crippen molar-refractivity contribution in [1.82, 2.24) is 15.6 Å². The molecule has 6 heteroatoms. The molecule has 0 amide bonds. The monoisotopic (exact) mass is 315 g/mol. The average Bonchev–Trinajstić information content (AvgIpc) is 2.57. The summed E-state index contributed by atoms with van der Waals surface area (Å²) in [6.07, 6.45) is 7.35. The lowest BCUT2D eigenvalue weighted by Crippen LogP contribution is -2.41. The standard InChI is InChI=1S/C17H25N5O/c1-4-7-20-17(18-5-2)21-12-15-6-8-19-16(11-15)22-9-10-23-14(3)13-22/h1,6,8,11,14H,5,7,9-10,12-13H2,2-3H3,(H2,18,20,21). The van der Waals surface area contributed by atoms with Crippen molar-refractivity contribution in [2.45, 2.75) is 26.5 Å². The van der Waals surface area contributed by atoms with Gasteiger partial charge in [-0.25, -0.2) is 9.98 Å². The number of hydrogen-bond acceptors (Lipinski definition) is 4. The van der Waals surface area contributed by atoms with E-state index in [9.17, 15) is 0 Å². The van der Waals surface area contributed by atoms with Gasteiger partial charge in [0, 0.05) is 25.8 Å². The summed E-state index contributed by atoms with van der Waals surface area (Å²) in [5.74, 6) is 4.26. The van der Waals surface area contributed by atoms with Crippen molar-refractivity contribution >= 4 is 11.8 Å². The molecule has 1 aliphatic rings. The van der Waals surface area contributed by atoms with Crippen molar-refractivity contribution in [1.29, 1.82) is 0 Å².